The van der Waals surface area contributed by atoms with Gasteiger partial charge in [0.15, 0.2) is 0 Å². The van der Waals surface area contributed by atoms with Gasteiger partial charge in [0.25, 0.3) is 0 Å². The van der Waals surface area contributed by atoms with Gasteiger partial charge in [0.1, 0.15) is 0 Å². The van der Waals surface area contributed by atoms with Gasteiger partial charge in [0.2, 0.25) is 15.9 Å². The maximum Gasteiger partial charge on any atom is 0.241 e. The Kier molecular flexibility index (Phi) is 7.02. The first-order valence-corrected chi connectivity index (χ1v) is 10.8. The van der Waals surface area contributed by atoms with E-state index in [4.69, 9.17) is 4.74 Å². The normalized spacial score (nSPS) is 19.2. The van der Waals surface area contributed by atoms with Crippen molar-refractivity contribution >= 4 is 27.3 Å². The van der Waals surface area contributed by atoms with Crippen LogP contribution in [0.25, 0.3) is 0 Å². The van der Waals surface area contributed by atoms with E-state index in [2.05, 4.69) is 23.5 Å². The molecule has 0 saturated carbocycles. The Labute approximate surface area is 156 Å². The topological polar surface area (TPSA) is 79.0 Å². The summed E-state index contributed by atoms with van der Waals surface area (Å²) in [7, 11) is -3.32. The summed E-state index contributed by atoms with van der Waals surface area (Å²) in [4.78, 5) is 16.4. The molecule has 8 heteroatoms. The molecule has 146 valence electrons. The minimum atomic E-state index is -3.32. The van der Waals surface area contributed by atoms with E-state index in [1.54, 1.807) is 29.2 Å². The average Bonchev–Trinajstić information content (AvgIpc) is 2.55. The lowest BCUT2D eigenvalue weighted by Crippen LogP contribution is -2.57. The number of ether oxygens (including phenoxy) is 1. The Morgan fingerprint density at radius 3 is 2.46 bits per heavy atom. The number of nitrogens with one attached hydrogen (secondary N) is 1. The van der Waals surface area contributed by atoms with Crippen molar-refractivity contribution in [3.05, 3.63) is 24.3 Å². The SMILES string of the molecule is CCN1CC(=O)N(c2ccc(NS(C)(=O)=O)cc2)CC1COCC(C)C. The Morgan fingerprint density at radius 1 is 1.27 bits per heavy atom. The highest BCUT2D eigenvalue weighted by Gasteiger charge is 2.32. The molecule has 1 aliphatic rings. The average molecular weight is 384 g/mol. The molecule has 1 unspecified atom stereocenters. The number of anilines is 2. The van der Waals surface area contributed by atoms with Gasteiger partial charge in [-0.05, 0) is 36.7 Å². The van der Waals surface area contributed by atoms with Crippen LogP contribution in [0.5, 0.6) is 0 Å². The predicted octanol–water partition coefficient (Wildman–Crippen LogP) is 1.77. The number of piperazine rings is 1. The molecule has 2 rings (SSSR count). The molecule has 1 N–H and O–H groups in total. The number of carbonyl (C=O) groups excluding carboxylic acids is 1. The van der Waals surface area contributed by atoms with Gasteiger partial charge in [-0.1, -0.05) is 20.8 Å². The second-order valence-electron chi connectivity index (χ2n) is 7.07. The van der Waals surface area contributed by atoms with Crippen LogP contribution in [0.15, 0.2) is 24.3 Å². The quantitative estimate of drug-likeness (QED) is 0.740. The highest BCUT2D eigenvalue weighted by atomic mass is 32.2. The van der Waals surface area contributed by atoms with Crippen molar-refractivity contribution < 1.29 is 17.9 Å². The van der Waals surface area contributed by atoms with Crippen molar-refractivity contribution in [2.45, 2.75) is 26.8 Å². The van der Waals surface area contributed by atoms with Crippen molar-refractivity contribution in [3.63, 3.8) is 0 Å². The van der Waals surface area contributed by atoms with Crippen LogP contribution in [0.1, 0.15) is 20.8 Å². The van der Waals surface area contributed by atoms with Crippen LogP contribution < -0.4 is 9.62 Å². The summed E-state index contributed by atoms with van der Waals surface area (Å²) in [5.74, 6) is 0.511. The van der Waals surface area contributed by atoms with E-state index in [1.807, 2.05) is 6.92 Å². The summed E-state index contributed by atoms with van der Waals surface area (Å²) in [5, 5.41) is 0. The Balaban J connectivity index is 2.08. The lowest BCUT2D eigenvalue weighted by Gasteiger charge is -2.40. The molecule has 0 aromatic heterocycles. The molecule has 0 aliphatic carbocycles. The zero-order chi connectivity index (χ0) is 19.3. The fourth-order valence-electron chi connectivity index (χ4n) is 2.96. The smallest absolute Gasteiger partial charge is 0.241 e. The lowest BCUT2D eigenvalue weighted by atomic mass is 10.1. The van der Waals surface area contributed by atoms with Gasteiger partial charge in [-0.2, -0.15) is 0 Å². The van der Waals surface area contributed by atoms with E-state index in [0.29, 0.717) is 37.9 Å². The summed E-state index contributed by atoms with van der Waals surface area (Å²) in [6.07, 6.45) is 1.11. The number of rotatable bonds is 8. The van der Waals surface area contributed by atoms with Gasteiger partial charge in [-0.25, -0.2) is 8.42 Å². The lowest BCUT2D eigenvalue weighted by molar-refractivity contribution is -0.123. The third kappa shape index (κ3) is 5.96. The van der Waals surface area contributed by atoms with Crippen molar-refractivity contribution in [1.29, 1.82) is 0 Å². The molecule has 0 radical (unpaired) electrons. The second-order valence-corrected chi connectivity index (χ2v) is 8.82. The number of hydrogen-bond acceptors (Lipinski definition) is 5. The summed E-state index contributed by atoms with van der Waals surface area (Å²) < 4.78 is 30.8. The Bertz CT molecular complexity index is 704. The summed E-state index contributed by atoms with van der Waals surface area (Å²) in [5.41, 5.74) is 1.24. The zero-order valence-corrected chi connectivity index (χ0v) is 16.8. The fraction of sp³-hybridized carbons (Fsp3) is 0.611. The van der Waals surface area contributed by atoms with Gasteiger partial charge >= 0.3 is 0 Å². The van der Waals surface area contributed by atoms with Crippen LogP contribution in [0.4, 0.5) is 11.4 Å². The van der Waals surface area contributed by atoms with Crippen LogP contribution in [0, 0.1) is 5.92 Å². The number of amides is 1. The van der Waals surface area contributed by atoms with Crippen LogP contribution in [0.3, 0.4) is 0 Å². The van der Waals surface area contributed by atoms with Crippen LogP contribution in [0.2, 0.25) is 0 Å². The molecule has 1 saturated heterocycles. The molecule has 1 fully saturated rings. The molecule has 1 atom stereocenters. The number of nitrogens with zero attached hydrogens (tertiary/aromatic N) is 2. The number of likely N-dealkylation sites (N-methyl/N-ethyl adjacent to an activating group) is 1. The van der Waals surface area contributed by atoms with Gasteiger partial charge < -0.3 is 9.64 Å². The predicted molar refractivity (Wildman–Crippen MR) is 104 cm³/mol. The molecule has 0 bridgehead atoms. The zero-order valence-electron chi connectivity index (χ0n) is 15.9. The largest absolute Gasteiger partial charge is 0.379 e. The van der Waals surface area contributed by atoms with Crippen molar-refractivity contribution in [1.82, 2.24) is 4.90 Å². The number of benzene rings is 1. The Hall–Kier alpha value is -1.64. The van der Waals surface area contributed by atoms with E-state index in [-0.39, 0.29) is 11.9 Å². The monoisotopic (exact) mass is 383 g/mol. The van der Waals surface area contributed by atoms with Gasteiger partial charge in [-0.15, -0.1) is 0 Å². The molecule has 1 heterocycles. The molecular weight excluding hydrogens is 354 g/mol. The highest BCUT2D eigenvalue weighted by molar-refractivity contribution is 7.92. The van der Waals surface area contributed by atoms with E-state index >= 15 is 0 Å². The van der Waals surface area contributed by atoms with E-state index < -0.39 is 10.0 Å². The van der Waals surface area contributed by atoms with Gasteiger partial charge in [-0.3, -0.25) is 14.4 Å². The second kappa shape index (κ2) is 8.83. The molecule has 0 spiro atoms. The summed E-state index contributed by atoms with van der Waals surface area (Å²) in [6.45, 7) is 9.27. The third-order valence-electron chi connectivity index (χ3n) is 4.20. The van der Waals surface area contributed by atoms with Crippen molar-refractivity contribution in [2.75, 3.05) is 48.7 Å². The van der Waals surface area contributed by atoms with Crippen molar-refractivity contribution in [3.8, 4) is 0 Å². The fourth-order valence-corrected chi connectivity index (χ4v) is 3.52. The van der Waals surface area contributed by atoms with Crippen molar-refractivity contribution in [2.24, 2.45) is 5.92 Å². The first kappa shape index (κ1) is 20.7. The van der Waals surface area contributed by atoms with E-state index in [0.717, 1.165) is 18.5 Å². The van der Waals surface area contributed by atoms with Gasteiger partial charge in [0.05, 0.1) is 25.4 Å². The molecule has 7 nitrogen and oxygen atoms in total. The number of carbonyl (C=O) groups is 1. The van der Waals surface area contributed by atoms with Crippen LogP contribution >= 0.6 is 0 Å². The van der Waals surface area contributed by atoms with E-state index in [1.165, 1.54) is 0 Å². The molecule has 1 aliphatic heterocycles. The molecule has 1 aromatic carbocycles. The van der Waals surface area contributed by atoms with Gasteiger partial charge in [0, 0.05) is 24.5 Å². The summed E-state index contributed by atoms with van der Waals surface area (Å²) >= 11 is 0. The summed E-state index contributed by atoms with van der Waals surface area (Å²) in [6, 6.07) is 7.00. The number of hydrogen-bond donors (Lipinski definition) is 1. The maximum atomic E-state index is 12.5. The molecule has 26 heavy (non-hydrogen) atoms. The number of sulfonamides is 1. The first-order valence-electron chi connectivity index (χ1n) is 8.89. The standard InChI is InChI=1S/C18H29N3O4S/c1-5-20-11-18(22)21(10-17(20)13-25-12-14(2)3)16-8-6-15(7-9-16)19-26(4,23)24/h6-9,14,17,19H,5,10-13H2,1-4H3. The minimum Gasteiger partial charge on any atom is -0.379 e. The Morgan fingerprint density at radius 2 is 1.92 bits per heavy atom. The van der Waals surface area contributed by atoms with E-state index in [9.17, 15) is 13.2 Å². The molecular formula is C18H29N3O4S. The molecule has 1 aromatic rings. The third-order valence-corrected chi connectivity index (χ3v) is 4.81. The first-order chi connectivity index (χ1) is 12.2. The molecule has 1 amide bonds. The van der Waals surface area contributed by atoms with Crippen LogP contribution in [-0.2, 0) is 19.6 Å². The highest BCUT2D eigenvalue weighted by Crippen LogP contribution is 2.23. The minimum absolute atomic E-state index is 0.0378. The maximum absolute atomic E-state index is 12.5. The van der Waals surface area contributed by atoms with Crippen LogP contribution in [-0.4, -0.2) is 64.4 Å².